The molecule has 3 fully saturated rings. The number of cyclic esters (lactones) is 4. The lowest BCUT2D eigenvalue weighted by Gasteiger charge is -2.54. The Morgan fingerprint density at radius 2 is 1.45 bits per heavy atom. The van der Waals surface area contributed by atoms with Gasteiger partial charge in [0.1, 0.15) is 0 Å². The van der Waals surface area contributed by atoms with E-state index in [1.54, 1.807) is 0 Å². The lowest BCUT2D eigenvalue weighted by molar-refractivity contribution is -0.156. The number of esters is 4. The van der Waals surface area contributed by atoms with E-state index < -0.39 is 47.5 Å². The number of hydrogen-bond donors (Lipinski definition) is 0. The van der Waals surface area contributed by atoms with E-state index in [-0.39, 0.29) is 29.6 Å². The summed E-state index contributed by atoms with van der Waals surface area (Å²) in [7, 11) is 0. The van der Waals surface area contributed by atoms with Gasteiger partial charge in [-0.05, 0) is 40.9 Å². The molecule has 5 aliphatic carbocycles. The molecule has 0 unspecified atom stereocenters. The highest BCUT2D eigenvalue weighted by atomic mass is 16.6. The largest absolute Gasteiger partial charge is 0.393 e. The number of carbonyl (C=O) groups is 4. The predicted octanol–water partition coefficient (Wildman–Crippen LogP) is 2.64. The van der Waals surface area contributed by atoms with Crippen molar-refractivity contribution >= 4 is 29.5 Å². The zero-order valence-electron chi connectivity index (χ0n) is 16.8. The third kappa shape index (κ3) is 1.95. The Morgan fingerprint density at radius 1 is 0.774 bits per heavy atom. The van der Waals surface area contributed by atoms with Crippen molar-refractivity contribution in [2.24, 2.45) is 47.3 Å². The van der Waals surface area contributed by atoms with E-state index in [9.17, 15) is 19.2 Å². The van der Waals surface area contributed by atoms with Gasteiger partial charge >= 0.3 is 23.9 Å². The van der Waals surface area contributed by atoms with Gasteiger partial charge in [0.15, 0.2) is 0 Å². The number of allylic oxidation sites excluding steroid dienone is 4. The van der Waals surface area contributed by atoms with E-state index in [0.29, 0.717) is 0 Å². The van der Waals surface area contributed by atoms with Crippen LogP contribution in [0.15, 0.2) is 42.0 Å². The lowest BCUT2D eigenvalue weighted by Crippen LogP contribution is -2.53. The van der Waals surface area contributed by atoms with E-state index in [0.717, 1.165) is 23.1 Å². The Bertz CT molecular complexity index is 1170. The second-order valence-corrected chi connectivity index (χ2v) is 9.80. The highest BCUT2D eigenvalue weighted by Gasteiger charge is 2.68. The normalized spacial score (nSPS) is 43.7. The molecule has 2 aliphatic heterocycles. The lowest BCUT2D eigenvalue weighted by atomic mass is 9.46. The molecule has 0 spiro atoms. The second kappa shape index (κ2) is 5.61. The summed E-state index contributed by atoms with van der Waals surface area (Å²) >= 11 is 0. The molecule has 0 N–H and O–H groups in total. The maximum atomic E-state index is 12.9. The quantitative estimate of drug-likeness (QED) is 0.367. The van der Waals surface area contributed by atoms with Crippen LogP contribution in [0.25, 0.3) is 5.57 Å². The summed E-state index contributed by atoms with van der Waals surface area (Å²) in [5.74, 6) is -5.00. The molecule has 6 nitrogen and oxygen atoms in total. The average molecular weight is 416 g/mol. The first-order chi connectivity index (χ1) is 15.0. The average Bonchev–Trinajstić information content (AvgIpc) is 3.24. The maximum Gasteiger partial charge on any atom is 0.318 e. The maximum absolute atomic E-state index is 12.9. The van der Waals surface area contributed by atoms with Gasteiger partial charge in [0.05, 0.1) is 23.7 Å². The Kier molecular flexibility index (Phi) is 3.19. The number of fused-ring (bicyclic) bond motifs is 5. The van der Waals surface area contributed by atoms with Crippen molar-refractivity contribution in [1.82, 2.24) is 0 Å². The van der Waals surface area contributed by atoms with E-state index >= 15 is 0 Å². The van der Waals surface area contributed by atoms with E-state index in [1.807, 2.05) is 24.3 Å². The summed E-state index contributed by atoms with van der Waals surface area (Å²) in [6.07, 6.45) is 4.74. The van der Waals surface area contributed by atoms with Gasteiger partial charge in [-0.2, -0.15) is 0 Å². The molecule has 1 saturated carbocycles. The molecule has 9 atom stereocenters. The summed E-state index contributed by atoms with van der Waals surface area (Å²) in [5.41, 5.74) is 4.48. The first-order valence-electron chi connectivity index (χ1n) is 11.0. The fourth-order valence-electron chi connectivity index (χ4n) is 7.65. The van der Waals surface area contributed by atoms with Gasteiger partial charge in [-0.15, -0.1) is 0 Å². The molecule has 2 heterocycles. The van der Waals surface area contributed by atoms with Gasteiger partial charge in [0, 0.05) is 11.8 Å². The molecule has 2 bridgehead atoms. The van der Waals surface area contributed by atoms with E-state index in [2.05, 4.69) is 19.1 Å². The predicted molar refractivity (Wildman–Crippen MR) is 106 cm³/mol. The molecule has 156 valence electrons. The number of carbonyl (C=O) groups excluding carboxylic acids is 4. The van der Waals surface area contributed by atoms with Crippen LogP contribution in [-0.4, -0.2) is 23.9 Å². The van der Waals surface area contributed by atoms with Crippen molar-refractivity contribution in [1.29, 1.82) is 0 Å². The monoisotopic (exact) mass is 416 g/mol. The van der Waals surface area contributed by atoms with E-state index in [1.165, 1.54) is 5.56 Å². The van der Waals surface area contributed by atoms with Crippen LogP contribution in [0.3, 0.4) is 0 Å². The molecule has 0 amide bonds. The van der Waals surface area contributed by atoms with Gasteiger partial charge in [-0.3, -0.25) is 19.2 Å². The van der Waals surface area contributed by atoms with Crippen molar-refractivity contribution in [3.05, 3.63) is 53.1 Å². The van der Waals surface area contributed by atoms with Gasteiger partial charge < -0.3 is 9.47 Å². The zero-order valence-corrected chi connectivity index (χ0v) is 16.8. The molecule has 2 saturated heterocycles. The third-order valence-corrected chi connectivity index (χ3v) is 8.63. The highest BCUT2D eigenvalue weighted by Crippen LogP contribution is 2.66. The van der Waals surface area contributed by atoms with Crippen LogP contribution < -0.4 is 0 Å². The Morgan fingerprint density at radius 3 is 2.26 bits per heavy atom. The van der Waals surface area contributed by atoms with Crippen LogP contribution in [-0.2, 0) is 28.7 Å². The number of benzene rings is 1. The first kappa shape index (κ1) is 17.6. The summed E-state index contributed by atoms with van der Waals surface area (Å²) in [4.78, 5) is 51.0. The molecule has 31 heavy (non-hydrogen) atoms. The van der Waals surface area contributed by atoms with Crippen LogP contribution in [0.4, 0.5) is 0 Å². The third-order valence-electron chi connectivity index (χ3n) is 8.63. The summed E-state index contributed by atoms with van der Waals surface area (Å²) < 4.78 is 10.2. The Hall–Kier alpha value is -3.02. The van der Waals surface area contributed by atoms with Crippen LogP contribution in [0, 0.1) is 47.3 Å². The molecular formula is C25H20O6. The highest BCUT2D eigenvalue weighted by molar-refractivity contribution is 6.02. The summed E-state index contributed by atoms with van der Waals surface area (Å²) in [6, 6.07) is 8.22. The molecule has 0 radical (unpaired) electrons. The molecule has 6 heteroatoms. The standard InChI is InChI=1S/C25H20O6/c1-9-8-14-15(11-5-3-2-4-10(9)11)16-12-6-7-13(19-18(12)22(26)30-23(19)27)17(16)21-20(14)24(28)31-25(21)29/h2-7,9,12-14,17-21H,8H2,1H3/t9-,12-,13-,14+,17+,18+,19+,20+,21+/m0/s1. The molecule has 1 aromatic rings. The molecular weight excluding hydrogens is 396 g/mol. The first-order valence-corrected chi connectivity index (χ1v) is 11.0. The van der Waals surface area contributed by atoms with Crippen LogP contribution in [0.1, 0.15) is 30.4 Å². The minimum Gasteiger partial charge on any atom is -0.393 e. The summed E-state index contributed by atoms with van der Waals surface area (Å²) in [5, 5.41) is 0. The Balaban J connectivity index is 1.55. The van der Waals surface area contributed by atoms with Crippen LogP contribution >= 0.6 is 0 Å². The smallest absolute Gasteiger partial charge is 0.318 e. The SMILES string of the molecule is C[C@H]1C[C@@H]2C(=C3[C@@H]([C@@H]4C=C[C@@H]3[C@H]3C(=O)OC(=O)[C@H]43)[C@H]3C(=O)OC(=O)[C@@H]32)c2ccccc21. The number of rotatable bonds is 0. The van der Waals surface area contributed by atoms with Gasteiger partial charge in [-0.1, -0.05) is 48.9 Å². The second-order valence-electron chi connectivity index (χ2n) is 9.80. The Labute approximate surface area is 178 Å². The molecule has 8 rings (SSSR count). The van der Waals surface area contributed by atoms with Gasteiger partial charge in [-0.25, -0.2) is 0 Å². The zero-order chi connectivity index (χ0) is 21.2. The topological polar surface area (TPSA) is 86.7 Å². The van der Waals surface area contributed by atoms with Crippen LogP contribution in [0.2, 0.25) is 0 Å². The van der Waals surface area contributed by atoms with Crippen molar-refractivity contribution in [3.63, 3.8) is 0 Å². The van der Waals surface area contributed by atoms with Crippen molar-refractivity contribution < 1.29 is 28.7 Å². The van der Waals surface area contributed by atoms with Gasteiger partial charge in [0.2, 0.25) is 0 Å². The van der Waals surface area contributed by atoms with Crippen molar-refractivity contribution in [3.8, 4) is 0 Å². The fraction of sp³-hybridized carbons (Fsp3) is 0.440. The number of hydrogen-bond acceptors (Lipinski definition) is 6. The fourth-order valence-corrected chi connectivity index (χ4v) is 7.65. The van der Waals surface area contributed by atoms with Gasteiger partial charge in [0.25, 0.3) is 0 Å². The van der Waals surface area contributed by atoms with Crippen molar-refractivity contribution in [2.75, 3.05) is 0 Å². The van der Waals surface area contributed by atoms with Crippen molar-refractivity contribution in [2.45, 2.75) is 19.3 Å². The van der Waals surface area contributed by atoms with E-state index in [4.69, 9.17) is 9.47 Å². The minimum atomic E-state index is -0.601. The number of ether oxygens (including phenoxy) is 2. The summed E-state index contributed by atoms with van der Waals surface area (Å²) in [6.45, 7) is 2.15. The molecule has 1 aromatic carbocycles. The van der Waals surface area contributed by atoms with Crippen LogP contribution in [0.5, 0.6) is 0 Å². The molecule has 7 aliphatic rings. The molecule has 0 aromatic heterocycles. The minimum absolute atomic E-state index is 0.126.